The zero-order valence-corrected chi connectivity index (χ0v) is 16.3. The lowest BCUT2D eigenvalue weighted by atomic mass is 10.1. The number of carbonyl (C=O) groups excluding carboxylic acids is 1. The summed E-state index contributed by atoms with van der Waals surface area (Å²) in [6, 6.07) is 10.5. The van der Waals surface area contributed by atoms with Gasteiger partial charge in [0.25, 0.3) is 0 Å². The molecule has 0 radical (unpaired) electrons. The molecule has 0 aliphatic carbocycles. The Morgan fingerprint density at radius 2 is 1.77 bits per heavy atom. The highest BCUT2D eigenvalue weighted by molar-refractivity contribution is 6.37. The Bertz CT molecular complexity index is 787. The number of halogens is 3. The lowest BCUT2D eigenvalue weighted by Crippen LogP contribution is -2.33. The number of ether oxygens (including phenoxy) is 1. The molecule has 2 aromatic carbocycles. The van der Waals surface area contributed by atoms with E-state index in [4.69, 9.17) is 50.7 Å². The molecule has 4 N–H and O–H groups in total. The van der Waals surface area contributed by atoms with Gasteiger partial charge in [-0.05, 0) is 42.7 Å². The van der Waals surface area contributed by atoms with Crippen LogP contribution in [0.2, 0.25) is 15.1 Å². The van der Waals surface area contributed by atoms with E-state index < -0.39 is 6.10 Å². The van der Waals surface area contributed by atoms with Crippen LogP contribution < -0.4 is 15.8 Å². The number of nitrogens with two attached hydrogens (primary N) is 1. The number of benzene rings is 2. The molecule has 0 aromatic heterocycles. The van der Waals surface area contributed by atoms with Gasteiger partial charge in [-0.1, -0.05) is 46.9 Å². The summed E-state index contributed by atoms with van der Waals surface area (Å²) in [5.74, 6) is -0.147. The molecule has 26 heavy (non-hydrogen) atoms. The Morgan fingerprint density at radius 1 is 1.19 bits per heavy atom. The third-order valence-electron chi connectivity index (χ3n) is 3.53. The molecular formula is C18H18Cl3N3O2. The molecule has 1 unspecified atom stereocenters. The Hall–Kier alpha value is -1.95. The first-order valence-corrected chi connectivity index (χ1v) is 8.91. The Balaban J connectivity index is 2.12. The average Bonchev–Trinajstić information content (AvgIpc) is 2.54. The lowest BCUT2D eigenvalue weighted by Gasteiger charge is -2.20. The third-order valence-corrected chi connectivity index (χ3v) is 4.35. The van der Waals surface area contributed by atoms with Crippen LogP contribution in [0.5, 0.6) is 5.75 Å². The lowest BCUT2D eigenvalue weighted by molar-refractivity contribution is -0.114. The van der Waals surface area contributed by atoms with Crippen LogP contribution in [-0.4, -0.2) is 17.8 Å². The van der Waals surface area contributed by atoms with E-state index in [0.717, 1.165) is 5.56 Å². The molecule has 1 amide bonds. The van der Waals surface area contributed by atoms with Crippen molar-refractivity contribution in [3.63, 3.8) is 0 Å². The number of amides is 1. The number of hydrogen-bond acceptors (Lipinski definition) is 3. The smallest absolute Gasteiger partial charge is 0.221 e. The molecule has 0 fully saturated rings. The van der Waals surface area contributed by atoms with Crippen LogP contribution in [0, 0.1) is 5.41 Å². The normalized spacial score (nSPS) is 11.7. The number of rotatable bonds is 7. The SMILES string of the molecule is CC(=O)Nc1cc(Cl)c(OC(CCc2ccc(Cl)cc2)C(=N)N)c(Cl)c1. The van der Waals surface area contributed by atoms with Crippen LogP contribution in [0.1, 0.15) is 18.9 Å². The van der Waals surface area contributed by atoms with Gasteiger partial charge >= 0.3 is 0 Å². The zero-order chi connectivity index (χ0) is 19.3. The monoisotopic (exact) mass is 413 g/mol. The van der Waals surface area contributed by atoms with Crippen molar-refractivity contribution < 1.29 is 9.53 Å². The summed E-state index contributed by atoms with van der Waals surface area (Å²) in [7, 11) is 0. The van der Waals surface area contributed by atoms with Crippen LogP contribution in [-0.2, 0) is 11.2 Å². The second-order valence-corrected chi connectivity index (χ2v) is 6.93. The first-order chi connectivity index (χ1) is 12.3. The molecule has 2 aromatic rings. The number of hydrogen-bond donors (Lipinski definition) is 3. The average molecular weight is 415 g/mol. The highest BCUT2D eigenvalue weighted by Crippen LogP contribution is 2.37. The van der Waals surface area contributed by atoms with Gasteiger partial charge in [-0.15, -0.1) is 0 Å². The fourth-order valence-corrected chi connectivity index (χ4v) is 3.02. The van der Waals surface area contributed by atoms with Gasteiger partial charge in [0, 0.05) is 17.6 Å². The van der Waals surface area contributed by atoms with Crippen LogP contribution >= 0.6 is 34.8 Å². The van der Waals surface area contributed by atoms with Gasteiger partial charge in [-0.25, -0.2) is 0 Å². The first kappa shape index (κ1) is 20.4. The molecule has 0 aliphatic heterocycles. The van der Waals surface area contributed by atoms with Gasteiger partial charge in [-0.3, -0.25) is 10.2 Å². The van der Waals surface area contributed by atoms with Crippen LogP contribution in [0.4, 0.5) is 5.69 Å². The molecule has 1 atom stereocenters. The first-order valence-electron chi connectivity index (χ1n) is 7.78. The van der Waals surface area contributed by atoms with E-state index >= 15 is 0 Å². The summed E-state index contributed by atoms with van der Waals surface area (Å²) < 4.78 is 5.79. The van der Waals surface area contributed by atoms with Crippen LogP contribution in [0.3, 0.4) is 0 Å². The summed E-state index contributed by atoms with van der Waals surface area (Å²) in [6.07, 6.45) is 0.421. The van der Waals surface area contributed by atoms with E-state index in [-0.39, 0.29) is 27.5 Å². The number of nitrogens with one attached hydrogen (secondary N) is 2. The second-order valence-electron chi connectivity index (χ2n) is 5.68. The van der Waals surface area contributed by atoms with Crippen LogP contribution in [0.25, 0.3) is 0 Å². The number of aryl methyl sites for hydroxylation is 1. The second kappa shape index (κ2) is 9.12. The minimum atomic E-state index is -0.688. The van der Waals surface area contributed by atoms with Crippen molar-refractivity contribution >= 4 is 52.2 Å². The van der Waals surface area contributed by atoms with Crippen molar-refractivity contribution in [2.24, 2.45) is 5.73 Å². The van der Waals surface area contributed by atoms with Gasteiger partial charge < -0.3 is 15.8 Å². The predicted molar refractivity (Wildman–Crippen MR) is 107 cm³/mol. The molecule has 0 bridgehead atoms. The predicted octanol–water partition coefficient (Wildman–Crippen LogP) is 4.92. The van der Waals surface area contributed by atoms with Crippen molar-refractivity contribution in [2.75, 3.05) is 5.32 Å². The minimum Gasteiger partial charge on any atom is -0.479 e. The molecule has 0 aliphatic rings. The molecule has 0 saturated heterocycles. The highest BCUT2D eigenvalue weighted by atomic mass is 35.5. The molecule has 2 rings (SSSR count). The van der Waals surface area contributed by atoms with Crippen molar-refractivity contribution in [2.45, 2.75) is 25.9 Å². The number of amidine groups is 1. The van der Waals surface area contributed by atoms with Gasteiger partial charge in [0.05, 0.1) is 10.0 Å². The molecule has 138 valence electrons. The van der Waals surface area contributed by atoms with Crippen molar-refractivity contribution in [3.05, 3.63) is 57.0 Å². The maximum Gasteiger partial charge on any atom is 0.221 e. The summed E-state index contributed by atoms with van der Waals surface area (Å²) in [5, 5.41) is 11.5. The van der Waals surface area contributed by atoms with Gasteiger partial charge in [0.2, 0.25) is 5.91 Å². The number of anilines is 1. The van der Waals surface area contributed by atoms with E-state index in [2.05, 4.69) is 5.32 Å². The minimum absolute atomic E-state index is 0.128. The van der Waals surface area contributed by atoms with Gasteiger partial charge in [0.1, 0.15) is 5.84 Å². The molecule has 0 spiro atoms. The van der Waals surface area contributed by atoms with Crippen molar-refractivity contribution in [1.29, 1.82) is 5.41 Å². The van der Waals surface area contributed by atoms with E-state index in [0.29, 0.717) is 23.6 Å². The Labute approximate surface area is 166 Å². The maximum absolute atomic E-state index is 11.1. The zero-order valence-electron chi connectivity index (χ0n) is 14.0. The third kappa shape index (κ3) is 5.80. The van der Waals surface area contributed by atoms with E-state index in [1.165, 1.54) is 19.1 Å². The molecule has 0 saturated carbocycles. The highest BCUT2D eigenvalue weighted by Gasteiger charge is 2.19. The molecular weight excluding hydrogens is 397 g/mol. The largest absolute Gasteiger partial charge is 0.479 e. The van der Waals surface area contributed by atoms with Crippen LogP contribution in [0.15, 0.2) is 36.4 Å². The summed E-state index contributed by atoms with van der Waals surface area (Å²) >= 11 is 18.3. The van der Waals surface area contributed by atoms with Gasteiger partial charge in [0.15, 0.2) is 11.9 Å². The number of carbonyl (C=O) groups is 1. The fourth-order valence-electron chi connectivity index (χ4n) is 2.32. The summed E-state index contributed by atoms with van der Waals surface area (Å²) in [4.78, 5) is 11.1. The molecule has 5 nitrogen and oxygen atoms in total. The topological polar surface area (TPSA) is 88.2 Å². The van der Waals surface area contributed by atoms with Crippen molar-refractivity contribution in [3.8, 4) is 5.75 Å². The van der Waals surface area contributed by atoms with E-state index in [1.54, 1.807) is 12.1 Å². The van der Waals surface area contributed by atoms with Crippen molar-refractivity contribution in [1.82, 2.24) is 0 Å². The molecule has 8 heteroatoms. The summed E-state index contributed by atoms with van der Waals surface area (Å²) in [6.45, 7) is 1.38. The Kier molecular flexibility index (Phi) is 7.14. The Morgan fingerprint density at radius 3 is 2.27 bits per heavy atom. The quantitative estimate of drug-likeness (QED) is 0.444. The standard InChI is InChI=1S/C18H18Cl3N3O2/c1-10(25)24-13-8-14(20)17(15(21)9-13)26-16(18(22)23)7-4-11-2-5-12(19)6-3-11/h2-3,5-6,8-9,16H,4,7H2,1H3,(H3,22,23)(H,24,25). The van der Waals surface area contributed by atoms with E-state index in [1.807, 2.05) is 12.1 Å². The van der Waals surface area contributed by atoms with E-state index in [9.17, 15) is 4.79 Å². The summed E-state index contributed by atoms with van der Waals surface area (Å²) in [5.41, 5.74) is 7.17. The molecule has 0 heterocycles. The fraction of sp³-hybridized carbons (Fsp3) is 0.222. The van der Waals surface area contributed by atoms with Gasteiger partial charge in [-0.2, -0.15) is 0 Å². The maximum atomic E-state index is 11.1.